The number of rotatable bonds is 8. The molecule has 1 heterocycles. The van der Waals surface area contributed by atoms with Crippen LogP contribution in [0.1, 0.15) is 37.1 Å². The third-order valence-corrected chi connectivity index (χ3v) is 5.40. The van der Waals surface area contributed by atoms with Crippen molar-refractivity contribution in [2.75, 3.05) is 0 Å². The molecular weight excluding hydrogens is 382 g/mol. The third kappa shape index (κ3) is 5.88. The number of aromatic nitrogens is 1. The molecule has 0 aliphatic rings. The highest BCUT2D eigenvalue weighted by molar-refractivity contribution is 6.30. The highest BCUT2D eigenvalue weighted by Gasteiger charge is 2.20. The summed E-state index contributed by atoms with van der Waals surface area (Å²) in [6.45, 7) is 6.00. The van der Waals surface area contributed by atoms with Crippen molar-refractivity contribution in [1.29, 1.82) is 0 Å². The molecule has 5 heteroatoms. The predicted molar refractivity (Wildman–Crippen MR) is 119 cm³/mol. The first-order valence-electron chi connectivity index (χ1n) is 10.0. The van der Waals surface area contributed by atoms with Crippen LogP contribution in [0.4, 0.5) is 4.79 Å². The molecule has 1 unspecified atom stereocenters. The van der Waals surface area contributed by atoms with Crippen LogP contribution in [0.5, 0.6) is 0 Å². The summed E-state index contributed by atoms with van der Waals surface area (Å²) in [4.78, 5) is 14.9. The Morgan fingerprint density at radius 3 is 2.55 bits per heavy atom. The van der Waals surface area contributed by atoms with Crippen LogP contribution < -0.4 is 5.32 Å². The normalized spacial score (nSPS) is 11.8. The van der Waals surface area contributed by atoms with Crippen molar-refractivity contribution in [1.82, 2.24) is 14.8 Å². The molecule has 0 radical (unpaired) electrons. The Kier molecular flexibility index (Phi) is 7.36. The zero-order valence-electron chi connectivity index (χ0n) is 17.0. The molecule has 4 nitrogen and oxygen atoms in total. The number of amides is 2. The maximum atomic E-state index is 12.9. The number of hydrogen-bond acceptors (Lipinski definition) is 1. The van der Waals surface area contributed by atoms with Crippen molar-refractivity contribution in [3.05, 3.63) is 94.8 Å². The Hall–Kier alpha value is -2.72. The lowest BCUT2D eigenvalue weighted by Crippen LogP contribution is -2.44. The minimum Gasteiger partial charge on any atom is -0.345 e. The van der Waals surface area contributed by atoms with Gasteiger partial charge in [-0.05, 0) is 48.7 Å². The van der Waals surface area contributed by atoms with Crippen LogP contribution in [0.2, 0.25) is 5.02 Å². The van der Waals surface area contributed by atoms with E-state index in [1.54, 1.807) is 0 Å². The minimum atomic E-state index is -0.0429. The second-order valence-corrected chi connectivity index (χ2v) is 7.72. The second-order valence-electron chi connectivity index (χ2n) is 7.29. The summed E-state index contributed by atoms with van der Waals surface area (Å²) >= 11 is 6.13. The van der Waals surface area contributed by atoms with Gasteiger partial charge >= 0.3 is 6.03 Å². The summed E-state index contributed by atoms with van der Waals surface area (Å²) in [6.07, 6.45) is 2.95. The second kappa shape index (κ2) is 10.2. The number of carbonyl (C=O) groups is 1. The fraction of sp³-hybridized carbons (Fsp3) is 0.292. The molecule has 0 aliphatic carbocycles. The highest BCUT2D eigenvalue weighted by Crippen LogP contribution is 2.16. The van der Waals surface area contributed by atoms with E-state index in [1.165, 1.54) is 0 Å². The molecule has 0 fully saturated rings. The van der Waals surface area contributed by atoms with Crippen LogP contribution in [0, 0.1) is 0 Å². The summed E-state index contributed by atoms with van der Waals surface area (Å²) < 4.78 is 2.17. The molecule has 0 aliphatic heterocycles. The average Bonchev–Trinajstić information content (AvgIpc) is 3.17. The molecular formula is C24H28ClN3O. The maximum Gasteiger partial charge on any atom is 0.318 e. The number of urea groups is 1. The number of halogens is 1. The monoisotopic (exact) mass is 409 g/mol. The lowest BCUT2D eigenvalue weighted by atomic mass is 10.2. The van der Waals surface area contributed by atoms with Gasteiger partial charge < -0.3 is 14.8 Å². The number of carbonyl (C=O) groups excluding carboxylic acids is 1. The quantitative estimate of drug-likeness (QED) is 0.509. The fourth-order valence-corrected chi connectivity index (χ4v) is 3.49. The zero-order chi connectivity index (χ0) is 20.6. The summed E-state index contributed by atoms with van der Waals surface area (Å²) in [6, 6.07) is 22.1. The van der Waals surface area contributed by atoms with Gasteiger partial charge in [-0.1, -0.05) is 61.0 Å². The van der Waals surface area contributed by atoms with Crippen molar-refractivity contribution in [2.24, 2.45) is 0 Å². The largest absolute Gasteiger partial charge is 0.345 e. The first-order chi connectivity index (χ1) is 14.1. The van der Waals surface area contributed by atoms with E-state index in [0.717, 1.165) is 34.8 Å². The van der Waals surface area contributed by atoms with Crippen LogP contribution in [-0.2, 0) is 19.6 Å². The first kappa shape index (κ1) is 21.0. The Labute approximate surface area is 178 Å². The van der Waals surface area contributed by atoms with Crippen LogP contribution in [0.25, 0.3) is 0 Å². The Morgan fingerprint density at radius 2 is 1.83 bits per heavy atom. The molecule has 0 bridgehead atoms. The van der Waals surface area contributed by atoms with Crippen LogP contribution in [-0.4, -0.2) is 21.5 Å². The van der Waals surface area contributed by atoms with Crippen LogP contribution in [0.3, 0.4) is 0 Å². The van der Waals surface area contributed by atoms with Crippen LogP contribution in [0.15, 0.2) is 72.9 Å². The maximum absolute atomic E-state index is 12.9. The van der Waals surface area contributed by atoms with E-state index >= 15 is 0 Å². The van der Waals surface area contributed by atoms with Crippen molar-refractivity contribution in [3.63, 3.8) is 0 Å². The van der Waals surface area contributed by atoms with Gasteiger partial charge in [0.05, 0.1) is 6.54 Å². The Balaban J connectivity index is 1.70. The summed E-state index contributed by atoms with van der Waals surface area (Å²) in [5, 5.41) is 3.80. The number of nitrogens with one attached hydrogen (secondary N) is 1. The van der Waals surface area contributed by atoms with Gasteiger partial charge in [-0.2, -0.15) is 0 Å². The zero-order valence-corrected chi connectivity index (χ0v) is 17.8. The van der Waals surface area contributed by atoms with E-state index in [9.17, 15) is 4.79 Å². The smallest absolute Gasteiger partial charge is 0.318 e. The molecule has 1 aromatic heterocycles. The lowest BCUT2D eigenvalue weighted by Gasteiger charge is -2.29. The first-order valence-corrected chi connectivity index (χ1v) is 10.4. The van der Waals surface area contributed by atoms with Gasteiger partial charge in [0.2, 0.25) is 0 Å². The molecule has 2 amide bonds. The van der Waals surface area contributed by atoms with E-state index in [2.05, 4.69) is 35.9 Å². The van der Waals surface area contributed by atoms with Gasteiger partial charge in [-0.15, -0.1) is 0 Å². The number of benzene rings is 2. The molecule has 29 heavy (non-hydrogen) atoms. The van der Waals surface area contributed by atoms with Gasteiger partial charge in [0.1, 0.15) is 0 Å². The van der Waals surface area contributed by atoms with E-state index in [4.69, 9.17) is 11.6 Å². The van der Waals surface area contributed by atoms with E-state index in [-0.39, 0.29) is 12.1 Å². The molecule has 1 atom stereocenters. The Morgan fingerprint density at radius 1 is 1.07 bits per heavy atom. The molecule has 0 spiro atoms. The van der Waals surface area contributed by atoms with Gasteiger partial charge in [0, 0.05) is 36.0 Å². The highest BCUT2D eigenvalue weighted by atomic mass is 35.5. The predicted octanol–water partition coefficient (Wildman–Crippen LogP) is 5.70. The summed E-state index contributed by atoms with van der Waals surface area (Å²) in [5.41, 5.74) is 3.33. The van der Waals surface area contributed by atoms with Crippen molar-refractivity contribution < 1.29 is 4.79 Å². The minimum absolute atomic E-state index is 0.0429. The molecule has 0 saturated carbocycles. The molecule has 3 aromatic rings. The number of nitrogens with zero attached hydrogens (tertiary/aromatic N) is 2. The van der Waals surface area contributed by atoms with Gasteiger partial charge in [-0.3, -0.25) is 0 Å². The number of hydrogen-bond donors (Lipinski definition) is 1. The van der Waals surface area contributed by atoms with E-state index in [1.807, 2.05) is 65.7 Å². The summed E-state index contributed by atoms with van der Waals surface area (Å²) in [5.74, 6) is 0. The molecule has 152 valence electrons. The van der Waals surface area contributed by atoms with Crippen molar-refractivity contribution >= 4 is 17.6 Å². The topological polar surface area (TPSA) is 37.3 Å². The standard InChI is InChI=1S/C24H28ClN3O/c1-3-19(2)28(24(29)26-16-20-9-5-4-6-10-20)18-23-13-8-14-27(23)17-21-11-7-12-22(25)15-21/h4-15,19H,3,16-18H2,1-2H3,(H,26,29). The average molecular weight is 410 g/mol. The van der Waals surface area contributed by atoms with Gasteiger partial charge in [0.25, 0.3) is 0 Å². The lowest BCUT2D eigenvalue weighted by molar-refractivity contribution is 0.171. The van der Waals surface area contributed by atoms with Crippen LogP contribution >= 0.6 is 11.6 Å². The molecule has 2 aromatic carbocycles. The molecule has 3 rings (SSSR count). The summed E-state index contributed by atoms with van der Waals surface area (Å²) in [7, 11) is 0. The molecule has 1 N–H and O–H groups in total. The molecule has 0 saturated heterocycles. The van der Waals surface area contributed by atoms with Gasteiger partial charge in [0.15, 0.2) is 0 Å². The third-order valence-electron chi connectivity index (χ3n) is 5.17. The van der Waals surface area contributed by atoms with E-state index < -0.39 is 0 Å². The van der Waals surface area contributed by atoms with E-state index in [0.29, 0.717) is 13.1 Å². The fourth-order valence-electron chi connectivity index (χ4n) is 3.28. The Bertz CT molecular complexity index is 923. The SMILES string of the molecule is CCC(C)N(Cc1cccn1Cc1cccc(Cl)c1)C(=O)NCc1ccccc1. The van der Waals surface area contributed by atoms with Crippen molar-refractivity contribution in [2.45, 2.75) is 45.9 Å². The van der Waals surface area contributed by atoms with Crippen molar-refractivity contribution in [3.8, 4) is 0 Å². The van der Waals surface area contributed by atoms with Gasteiger partial charge in [-0.25, -0.2) is 4.79 Å².